The molecule has 7 heteroatoms. The molecule has 0 aliphatic rings. The van der Waals surface area contributed by atoms with Gasteiger partial charge in [-0.05, 0) is 0 Å². The molecule has 0 bridgehead atoms. The Morgan fingerprint density at radius 2 is 1.63 bits per heavy atom. The molecule has 1 atom stereocenters. The van der Waals surface area contributed by atoms with E-state index in [0.717, 1.165) is 4.46 Å². The molecule has 0 radical (unpaired) electrons. The minimum absolute atomic E-state index is 0.0160. The second-order valence-electron chi connectivity index (χ2n) is 5.48. The number of hydrogen-bond donors (Lipinski definition) is 1. The number of carbonyl (C=O) groups excluding carboxylic acids is 3. The molecule has 2 aromatic rings. The van der Waals surface area contributed by atoms with Crippen LogP contribution in [0, 0.1) is 0 Å². The van der Waals surface area contributed by atoms with Crippen LogP contribution >= 0.6 is 0 Å². The zero-order valence-electron chi connectivity index (χ0n) is 14.9. The standard InChI is InChI=1S/C20H21NO5Se/c1-2-25-18(22)13-16(14-27-17-11-7-4-8-12-17)26-20(24)21-19(23)15-9-5-3-6-10-15/h3-12,16H,2,13-14H2,1H3,(H,21,23,24)/t16-/m1/s1. The van der Waals surface area contributed by atoms with Crippen molar-refractivity contribution in [3.63, 3.8) is 0 Å². The molecule has 0 fully saturated rings. The topological polar surface area (TPSA) is 81.7 Å². The van der Waals surface area contributed by atoms with Crippen molar-refractivity contribution in [2.24, 2.45) is 0 Å². The quantitative estimate of drug-likeness (QED) is 0.510. The van der Waals surface area contributed by atoms with Crippen LogP contribution in [-0.4, -0.2) is 45.6 Å². The summed E-state index contributed by atoms with van der Waals surface area (Å²) in [4.78, 5) is 35.9. The zero-order chi connectivity index (χ0) is 19.5. The number of ether oxygens (including phenoxy) is 2. The molecule has 0 saturated heterocycles. The van der Waals surface area contributed by atoms with E-state index in [0.29, 0.717) is 10.9 Å². The molecule has 1 N–H and O–H groups in total. The van der Waals surface area contributed by atoms with Gasteiger partial charge in [-0.2, -0.15) is 0 Å². The van der Waals surface area contributed by atoms with Crippen LogP contribution in [0.5, 0.6) is 0 Å². The van der Waals surface area contributed by atoms with E-state index in [1.165, 1.54) is 0 Å². The summed E-state index contributed by atoms with van der Waals surface area (Å²) in [7, 11) is 0. The Kier molecular flexibility index (Phi) is 8.55. The molecule has 0 saturated carbocycles. The monoisotopic (exact) mass is 435 g/mol. The summed E-state index contributed by atoms with van der Waals surface area (Å²) in [6, 6.07) is 18.1. The third-order valence-corrected chi connectivity index (χ3v) is 5.80. The fraction of sp³-hybridized carbons (Fsp3) is 0.250. The average Bonchev–Trinajstić information content (AvgIpc) is 2.67. The van der Waals surface area contributed by atoms with Gasteiger partial charge < -0.3 is 0 Å². The molecule has 0 spiro atoms. The van der Waals surface area contributed by atoms with Gasteiger partial charge in [0.05, 0.1) is 0 Å². The predicted molar refractivity (Wildman–Crippen MR) is 102 cm³/mol. The number of benzene rings is 2. The second-order valence-corrected chi connectivity index (χ2v) is 7.77. The van der Waals surface area contributed by atoms with Crippen molar-refractivity contribution in [1.29, 1.82) is 0 Å². The molecule has 0 aliphatic carbocycles. The van der Waals surface area contributed by atoms with Gasteiger partial charge in [0.1, 0.15) is 0 Å². The van der Waals surface area contributed by atoms with Gasteiger partial charge in [0, 0.05) is 0 Å². The summed E-state index contributed by atoms with van der Waals surface area (Å²) < 4.78 is 11.4. The number of carbonyl (C=O) groups is 3. The molecule has 0 aromatic heterocycles. The Labute approximate surface area is 164 Å². The zero-order valence-corrected chi connectivity index (χ0v) is 16.6. The van der Waals surface area contributed by atoms with E-state index in [9.17, 15) is 14.4 Å². The third-order valence-electron chi connectivity index (χ3n) is 3.40. The number of esters is 1. The van der Waals surface area contributed by atoms with Crippen LogP contribution in [-0.2, 0) is 14.3 Å². The number of imide groups is 1. The number of amides is 2. The van der Waals surface area contributed by atoms with E-state index in [1.54, 1.807) is 37.3 Å². The fourth-order valence-electron chi connectivity index (χ4n) is 2.18. The summed E-state index contributed by atoms with van der Waals surface area (Å²) in [5.74, 6) is -0.988. The molecule has 0 aliphatic heterocycles. The summed E-state index contributed by atoms with van der Waals surface area (Å²) in [5, 5.41) is 2.69. The third kappa shape index (κ3) is 7.64. The van der Waals surface area contributed by atoms with E-state index < -0.39 is 24.1 Å². The van der Waals surface area contributed by atoms with Crippen LogP contribution in [0.1, 0.15) is 23.7 Å². The Bertz CT molecular complexity index is 751. The van der Waals surface area contributed by atoms with E-state index >= 15 is 0 Å². The van der Waals surface area contributed by atoms with Crippen molar-refractivity contribution in [3.05, 3.63) is 66.2 Å². The van der Waals surface area contributed by atoms with Crippen molar-refractivity contribution in [2.75, 3.05) is 6.61 Å². The van der Waals surface area contributed by atoms with E-state index in [2.05, 4.69) is 5.32 Å². The number of rotatable bonds is 8. The van der Waals surface area contributed by atoms with Gasteiger partial charge in [0.25, 0.3) is 0 Å². The number of alkyl carbamates (subject to hydrolysis) is 1. The molecule has 6 nitrogen and oxygen atoms in total. The van der Waals surface area contributed by atoms with Crippen LogP contribution in [0.2, 0.25) is 5.32 Å². The second kappa shape index (κ2) is 11.2. The van der Waals surface area contributed by atoms with Gasteiger partial charge in [-0.3, -0.25) is 0 Å². The fourth-order valence-corrected chi connectivity index (χ4v) is 4.10. The molecule has 2 amide bonds. The van der Waals surface area contributed by atoms with E-state index in [1.807, 2.05) is 30.3 Å². The van der Waals surface area contributed by atoms with Crippen LogP contribution in [0.4, 0.5) is 4.79 Å². The van der Waals surface area contributed by atoms with Gasteiger partial charge in [-0.1, -0.05) is 0 Å². The maximum atomic E-state index is 12.1. The molecule has 2 rings (SSSR count). The average molecular weight is 434 g/mol. The Balaban J connectivity index is 1.93. The van der Waals surface area contributed by atoms with Gasteiger partial charge in [0.2, 0.25) is 0 Å². The van der Waals surface area contributed by atoms with Gasteiger partial charge in [0.15, 0.2) is 0 Å². The normalized spacial score (nSPS) is 11.3. The van der Waals surface area contributed by atoms with Crippen molar-refractivity contribution < 1.29 is 23.9 Å². The Hall–Kier alpha value is -2.63. The molecule has 142 valence electrons. The molecule has 0 heterocycles. The van der Waals surface area contributed by atoms with Crippen molar-refractivity contribution in [1.82, 2.24) is 5.32 Å². The number of nitrogens with one attached hydrogen (secondary N) is 1. The van der Waals surface area contributed by atoms with Crippen LogP contribution < -0.4 is 9.78 Å². The van der Waals surface area contributed by atoms with Crippen LogP contribution in [0.3, 0.4) is 0 Å². The molecule has 2 aromatic carbocycles. The Morgan fingerprint density at radius 3 is 2.26 bits per heavy atom. The van der Waals surface area contributed by atoms with Gasteiger partial charge >= 0.3 is 164 Å². The van der Waals surface area contributed by atoms with Crippen LogP contribution in [0.15, 0.2) is 60.7 Å². The minimum atomic E-state index is -0.873. The van der Waals surface area contributed by atoms with Crippen LogP contribution in [0.25, 0.3) is 0 Å². The molecule has 27 heavy (non-hydrogen) atoms. The first kappa shape index (κ1) is 20.7. The van der Waals surface area contributed by atoms with Gasteiger partial charge in [-0.25, -0.2) is 0 Å². The summed E-state index contributed by atoms with van der Waals surface area (Å²) >= 11 is 0.0160. The summed E-state index contributed by atoms with van der Waals surface area (Å²) in [6.07, 6.45) is -1.58. The SMILES string of the molecule is CCOC(=O)C[C@H](C[Se]c1ccccc1)OC(=O)NC(=O)c1ccccc1. The maximum absolute atomic E-state index is 12.1. The summed E-state index contributed by atoms with van der Waals surface area (Å²) in [6.45, 7) is 1.97. The molecular weight excluding hydrogens is 413 g/mol. The van der Waals surface area contributed by atoms with Crippen molar-refractivity contribution in [3.8, 4) is 0 Å². The molecule has 0 unspecified atom stereocenters. The van der Waals surface area contributed by atoms with E-state index in [4.69, 9.17) is 9.47 Å². The van der Waals surface area contributed by atoms with E-state index in [-0.39, 0.29) is 28.0 Å². The number of hydrogen-bond acceptors (Lipinski definition) is 5. The van der Waals surface area contributed by atoms with Crippen molar-refractivity contribution in [2.45, 2.75) is 24.8 Å². The first-order valence-electron chi connectivity index (χ1n) is 8.49. The summed E-state index contributed by atoms with van der Waals surface area (Å²) in [5.41, 5.74) is 0.352. The first-order chi connectivity index (χ1) is 13.1. The Morgan fingerprint density at radius 1 is 1.00 bits per heavy atom. The predicted octanol–water partition coefficient (Wildman–Crippen LogP) is 2.32. The molecular formula is C20H21NO5Se. The first-order valence-corrected chi connectivity index (χ1v) is 10.6. The van der Waals surface area contributed by atoms with Crippen molar-refractivity contribution >= 4 is 37.4 Å². The van der Waals surface area contributed by atoms with Gasteiger partial charge in [-0.15, -0.1) is 0 Å².